The van der Waals surface area contributed by atoms with Gasteiger partial charge >= 0.3 is 0 Å². The number of carbonyl (C=O) groups excluding carboxylic acids is 2. The summed E-state index contributed by atoms with van der Waals surface area (Å²) >= 11 is 17.1. The third-order valence-electron chi connectivity index (χ3n) is 4.12. The number of halogens is 2. The van der Waals surface area contributed by atoms with Gasteiger partial charge in [0, 0.05) is 11.6 Å². The Bertz CT molecular complexity index is 1090. The molecule has 8 heteroatoms. The van der Waals surface area contributed by atoms with E-state index < -0.39 is 5.91 Å². The van der Waals surface area contributed by atoms with Crippen LogP contribution in [0.4, 0.5) is 5.69 Å². The predicted octanol–water partition coefficient (Wildman–Crippen LogP) is 5.05. The van der Waals surface area contributed by atoms with E-state index in [1.54, 1.807) is 30.3 Å². The van der Waals surface area contributed by atoms with E-state index >= 15 is 0 Å². The van der Waals surface area contributed by atoms with Crippen molar-refractivity contribution in [3.63, 3.8) is 0 Å². The standard InChI is InChI=1S/C22H17Cl2N3O2S/c23-15-10-11-16(18(24)12-15)21(29)27-22(30)26-19-9-5-4-8-17(19)20(28)25-13-14-6-2-1-3-7-14/h1-12H,13H2,(H,25,28)(H2,26,27,29,30). The topological polar surface area (TPSA) is 70.2 Å². The summed E-state index contributed by atoms with van der Waals surface area (Å²) in [5.74, 6) is -0.753. The molecule has 0 saturated heterocycles. The monoisotopic (exact) mass is 457 g/mol. The summed E-state index contributed by atoms with van der Waals surface area (Å²) in [6, 6.07) is 21.0. The van der Waals surface area contributed by atoms with Crippen molar-refractivity contribution in [1.29, 1.82) is 0 Å². The van der Waals surface area contributed by atoms with E-state index in [2.05, 4.69) is 16.0 Å². The number of nitrogens with one attached hydrogen (secondary N) is 3. The fourth-order valence-corrected chi connectivity index (χ4v) is 3.36. The van der Waals surface area contributed by atoms with E-state index in [1.165, 1.54) is 12.1 Å². The Morgan fingerprint density at radius 2 is 1.53 bits per heavy atom. The summed E-state index contributed by atoms with van der Waals surface area (Å²) in [6.07, 6.45) is 0. The number of thiocarbonyl (C=S) groups is 1. The Hall–Kier alpha value is -2.93. The van der Waals surface area contributed by atoms with Crippen LogP contribution >= 0.6 is 35.4 Å². The number of para-hydroxylation sites is 1. The molecule has 2 amide bonds. The van der Waals surface area contributed by atoms with Crippen LogP contribution in [0.1, 0.15) is 26.3 Å². The summed E-state index contributed by atoms with van der Waals surface area (Å²) in [5.41, 5.74) is 2.09. The first-order chi connectivity index (χ1) is 14.4. The number of hydrogen-bond acceptors (Lipinski definition) is 3. The highest BCUT2D eigenvalue weighted by atomic mass is 35.5. The highest BCUT2D eigenvalue weighted by Gasteiger charge is 2.15. The molecule has 0 aromatic heterocycles. The molecule has 0 aliphatic carbocycles. The fourth-order valence-electron chi connectivity index (χ4n) is 2.66. The first-order valence-corrected chi connectivity index (χ1v) is 10.1. The highest BCUT2D eigenvalue weighted by molar-refractivity contribution is 7.80. The van der Waals surface area contributed by atoms with Crippen molar-refractivity contribution in [1.82, 2.24) is 10.6 Å². The summed E-state index contributed by atoms with van der Waals surface area (Å²) in [4.78, 5) is 25.0. The van der Waals surface area contributed by atoms with Crippen LogP contribution in [0.15, 0.2) is 72.8 Å². The van der Waals surface area contributed by atoms with E-state index in [-0.39, 0.29) is 21.6 Å². The maximum Gasteiger partial charge on any atom is 0.258 e. The van der Waals surface area contributed by atoms with Gasteiger partial charge in [0.2, 0.25) is 0 Å². The first kappa shape index (κ1) is 21.8. The number of anilines is 1. The molecule has 3 aromatic carbocycles. The number of hydrogen-bond donors (Lipinski definition) is 3. The molecule has 0 aliphatic rings. The van der Waals surface area contributed by atoms with Gasteiger partial charge in [-0.15, -0.1) is 0 Å². The third kappa shape index (κ3) is 5.79. The zero-order valence-electron chi connectivity index (χ0n) is 15.6. The molecular weight excluding hydrogens is 441 g/mol. The Balaban J connectivity index is 1.65. The SMILES string of the molecule is O=C(NC(=S)Nc1ccccc1C(=O)NCc1ccccc1)c1ccc(Cl)cc1Cl. The summed E-state index contributed by atoms with van der Waals surface area (Å²) in [6.45, 7) is 0.393. The van der Waals surface area contributed by atoms with Crippen LogP contribution < -0.4 is 16.0 Å². The van der Waals surface area contributed by atoms with Gasteiger partial charge in [-0.25, -0.2) is 0 Å². The van der Waals surface area contributed by atoms with Gasteiger partial charge < -0.3 is 10.6 Å². The number of rotatable bonds is 5. The lowest BCUT2D eigenvalue weighted by atomic mass is 10.1. The van der Waals surface area contributed by atoms with Gasteiger partial charge in [-0.2, -0.15) is 0 Å². The average molecular weight is 458 g/mol. The van der Waals surface area contributed by atoms with Crippen LogP contribution in [-0.4, -0.2) is 16.9 Å². The van der Waals surface area contributed by atoms with Crippen molar-refractivity contribution < 1.29 is 9.59 Å². The van der Waals surface area contributed by atoms with Gasteiger partial charge in [-0.3, -0.25) is 14.9 Å². The van der Waals surface area contributed by atoms with E-state index in [1.807, 2.05) is 30.3 Å². The normalized spacial score (nSPS) is 10.2. The molecule has 0 fully saturated rings. The number of benzene rings is 3. The Kier molecular flexibility index (Phi) is 7.41. The predicted molar refractivity (Wildman–Crippen MR) is 124 cm³/mol. The first-order valence-electron chi connectivity index (χ1n) is 8.92. The highest BCUT2D eigenvalue weighted by Crippen LogP contribution is 2.21. The maximum absolute atomic E-state index is 12.6. The molecule has 30 heavy (non-hydrogen) atoms. The van der Waals surface area contributed by atoms with Gasteiger partial charge in [-0.05, 0) is 48.1 Å². The molecule has 0 unspecified atom stereocenters. The average Bonchev–Trinajstić information content (AvgIpc) is 2.73. The van der Waals surface area contributed by atoms with Crippen LogP contribution in [0.25, 0.3) is 0 Å². The maximum atomic E-state index is 12.6. The molecule has 0 radical (unpaired) electrons. The smallest absolute Gasteiger partial charge is 0.258 e. The number of amides is 2. The zero-order chi connectivity index (χ0) is 21.5. The molecule has 5 nitrogen and oxygen atoms in total. The molecule has 0 aliphatic heterocycles. The van der Waals surface area contributed by atoms with Gasteiger partial charge in [0.1, 0.15) is 0 Å². The van der Waals surface area contributed by atoms with Crippen molar-refractivity contribution in [2.24, 2.45) is 0 Å². The Morgan fingerprint density at radius 3 is 2.27 bits per heavy atom. The van der Waals surface area contributed by atoms with Crippen LogP contribution in [0.5, 0.6) is 0 Å². The zero-order valence-corrected chi connectivity index (χ0v) is 17.9. The minimum atomic E-state index is -0.486. The van der Waals surface area contributed by atoms with Crippen LogP contribution in [0.2, 0.25) is 10.0 Å². The molecule has 0 bridgehead atoms. The minimum Gasteiger partial charge on any atom is -0.348 e. The molecule has 0 saturated carbocycles. The lowest BCUT2D eigenvalue weighted by Gasteiger charge is -2.14. The van der Waals surface area contributed by atoms with Gasteiger partial charge in [-0.1, -0.05) is 65.7 Å². The van der Waals surface area contributed by atoms with Crippen molar-refractivity contribution in [2.45, 2.75) is 6.54 Å². The minimum absolute atomic E-state index is 0.0364. The molecule has 3 aromatic rings. The lowest BCUT2D eigenvalue weighted by molar-refractivity contribution is 0.0950. The molecule has 0 atom stereocenters. The summed E-state index contributed by atoms with van der Waals surface area (Å²) in [7, 11) is 0. The van der Waals surface area contributed by atoms with Crippen molar-refractivity contribution >= 4 is 58.0 Å². The quantitative estimate of drug-likeness (QED) is 0.468. The Labute approximate surface area is 189 Å². The van der Waals surface area contributed by atoms with Crippen molar-refractivity contribution in [2.75, 3.05) is 5.32 Å². The summed E-state index contributed by atoms with van der Waals surface area (Å²) in [5, 5.41) is 8.98. The van der Waals surface area contributed by atoms with Crippen molar-refractivity contribution in [3.05, 3.63) is 99.5 Å². The molecule has 152 valence electrons. The Morgan fingerprint density at radius 1 is 0.833 bits per heavy atom. The van der Waals surface area contributed by atoms with E-state index in [0.717, 1.165) is 5.56 Å². The van der Waals surface area contributed by atoms with Gasteiger partial charge in [0.25, 0.3) is 11.8 Å². The second-order valence-corrected chi connectivity index (χ2v) is 7.50. The van der Waals surface area contributed by atoms with Gasteiger partial charge in [0.05, 0.1) is 21.8 Å². The van der Waals surface area contributed by atoms with E-state index in [4.69, 9.17) is 35.4 Å². The second-order valence-electron chi connectivity index (χ2n) is 6.25. The van der Waals surface area contributed by atoms with Crippen molar-refractivity contribution in [3.8, 4) is 0 Å². The van der Waals surface area contributed by atoms with Crippen LogP contribution in [-0.2, 0) is 6.54 Å². The number of carbonyl (C=O) groups is 2. The van der Waals surface area contributed by atoms with E-state index in [0.29, 0.717) is 22.8 Å². The molecule has 0 spiro atoms. The lowest BCUT2D eigenvalue weighted by Crippen LogP contribution is -2.35. The third-order valence-corrected chi connectivity index (χ3v) is 4.87. The largest absolute Gasteiger partial charge is 0.348 e. The molecular formula is C22H17Cl2N3O2S. The van der Waals surface area contributed by atoms with Crippen LogP contribution in [0.3, 0.4) is 0 Å². The van der Waals surface area contributed by atoms with E-state index in [9.17, 15) is 9.59 Å². The van der Waals surface area contributed by atoms with Crippen LogP contribution in [0, 0.1) is 0 Å². The fraction of sp³-hybridized carbons (Fsp3) is 0.0455. The summed E-state index contributed by atoms with van der Waals surface area (Å²) < 4.78 is 0. The second kappa shape index (κ2) is 10.2. The molecule has 3 rings (SSSR count). The molecule has 3 N–H and O–H groups in total. The van der Waals surface area contributed by atoms with Gasteiger partial charge in [0.15, 0.2) is 5.11 Å². The molecule has 0 heterocycles.